The summed E-state index contributed by atoms with van der Waals surface area (Å²) in [6.07, 6.45) is 2.07. The predicted molar refractivity (Wildman–Crippen MR) is 78.2 cm³/mol. The molecule has 1 aliphatic heterocycles. The smallest absolute Gasteiger partial charge is 0.241 e. The SMILES string of the molecule is CC1CCNC(C(=O)Nc2ccccc2CC(N)=O)C1. The second-order valence-corrected chi connectivity index (χ2v) is 5.43. The highest BCUT2D eigenvalue weighted by Gasteiger charge is 2.24. The third kappa shape index (κ3) is 3.81. The molecule has 20 heavy (non-hydrogen) atoms. The molecular weight excluding hydrogens is 254 g/mol. The summed E-state index contributed by atoms with van der Waals surface area (Å²) >= 11 is 0. The number of nitrogens with one attached hydrogen (secondary N) is 2. The summed E-state index contributed by atoms with van der Waals surface area (Å²) in [6.45, 7) is 3.02. The molecule has 5 heteroatoms. The summed E-state index contributed by atoms with van der Waals surface area (Å²) in [7, 11) is 0. The van der Waals surface area contributed by atoms with Gasteiger partial charge >= 0.3 is 0 Å². The molecule has 1 aliphatic rings. The number of hydrogen-bond donors (Lipinski definition) is 3. The Bertz CT molecular complexity index is 502. The largest absolute Gasteiger partial charge is 0.369 e. The Morgan fingerprint density at radius 2 is 2.15 bits per heavy atom. The van der Waals surface area contributed by atoms with Crippen molar-refractivity contribution < 1.29 is 9.59 Å². The van der Waals surface area contributed by atoms with E-state index in [4.69, 9.17) is 5.73 Å². The Morgan fingerprint density at radius 3 is 2.85 bits per heavy atom. The molecule has 1 aromatic carbocycles. The van der Waals surface area contributed by atoms with Crippen molar-refractivity contribution >= 4 is 17.5 Å². The normalized spacial score (nSPS) is 22.2. The Kier molecular flexibility index (Phi) is 4.74. The molecule has 1 heterocycles. The van der Waals surface area contributed by atoms with Crippen LogP contribution in [0.1, 0.15) is 25.3 Å². The van der Waals surface area contributed by atoms with Crippen molar-refractivity contribution in [3.63, 3.8) is 0 Å². The Labute approximate surface area is 118 Å². The number of hydrogen-bond acceptors (Lipinski definition) is 3. The highest BCUT2D eigenvalue weighted by atomic mass is 16.2. The number of nitrogens with two attached hydrogens (primary N) is 1. The van der Waals surface area contributed by atoms with E-state index in [-0.39, 0.29) is 18.4 Å². The molecule has 1 fully saturated rings. The average molecular weight is 275 g/mol. The van der Waals surface area contributed by atoms with Crippen LogP contribution >= 0.6 is 0 Å². The first-order valence-corrected chi connectivity index (χ1v) is 6.96. The van der Waals surface area contributed by atoms with Gasteiger partial charge in [0.1, 0.15) is 0 Å². The maximum Gasteiger partial charge on any atom is 0.241 e. The van der Waals surface area contributed by atoms with Gasteiger partial charge in [-0.2, -0.15) is 0 Å². The van der Waals surface area contributed by atoms with Gasteiger partial charge in [-0.3, -0.25) is 9.59 Å². The molecule has 0 radical (unpaired) electrons. The lowest BCUT2D eigenvalue weighted by Crippen LogP contribution is -2.45. The van der Waals surface area contributed by atoms with E-state index < -0.39 is 5.91 Å². The van der Waals surface area contributed by atoms with Gasteiger partial charge in [0.2, 0.25) is 11.8 Å². The monoisotopic (exact) mass is 275 g/mol. The van der Waals surface area contributed by atoms with Crippen molar-refractivity contribution in [1.82, 2.24) is 5.32 Å². The highest BCUT2D eigenvalue weighted by molar-refractivity contribution is 5.96. The lowest BCUT2D eigenvalue weighted by molar-refractivity contribution is -0.119. The molecule has 0 spiro atoms. The first-order valence-electron chi connectivity index (χ1n) is 6.96. The van der Waals surface area contributed by atoms with Crippen molar-refractivity contribution in [3.05, 3.63) is 29.8 Å². The maximum atomic E-state index is 12.3. The van der Waals surface area contributed by atoms with Crippen LogP contribution in [-0.4, -0.2) is 24.4 Å². The van der Waals surface area contributed by atoms with Crippen LogP contribution in [0.25, 0.3) is 0 Å². The molecule has 2 rings (SSSR count). The Morgan fingerprint density at radius 1 is 1.40 bits per heavy atom. The van der Waals surface area contributed by atoms with E-state index in [9.17, 15) is 9.59 Å². The summed E-state index contributed by atoms with van der Waals surface area (Å²) in [5, 5.41) is 6.12. The van der Waals surface area contributed by atoms with Gasteiger partial charge in [0.25, 0.3) is 0 Å². The zero-order valence-corrected chi connectivity index (χ0v) is 11.7. The van der Waals surface area contributed by atoms with Gasteiger partial charge in [-0.25, -0.2) is 0 Å². The van der Waals surface area contributed by atoms with Crippen LogP contribution in [0.5, 0.6) is 0 Å². The molecule has 1 saturated heterocycles. The molecule has 0 aromatic heterocycles. The molecule has 4 N–H and O–H groups in total. The van der Waals surface area contributed by atoms with E-state index in [0.717, 1.165) is 24.9 Å². The molecule has 2 amide bonds. The molecule has 108 valence electrons. The number of carbonyl (C=O) groups is 2. The van der Waals surface area contributed by atoms with Crippen LogP contribution in [0.3, 0.4) is 0 Å². The zero-order valence-electron chi connectivity index (χ0n) is 11.7. The van der Waals surface area contributed by atoms with Crippen molar-refractivity contribution in [3.8, 4) is 0 Å². The lowest BCUT2D eigenvalue weighted by Gasteiger charge is -2.27. The summed E-state index contributed by atoms with van der Waals surface area (Å²) in [4.78, 5) is 23.3. The van der Waals surface area contributed by atoms with Gasteiger partial charge in [-0.05, 0) is 36.9 Å². The predicted octanol–water partition coefficient (Wildman–Crippen LogP) is 1.04. The Balaban J connectivity index is 2.05. The summed E-state index contributed by atoms with van der Waals surface area (Å²) in [6, 6.07) is 7.09. The van der Waals surface area contributed by atoms with Crippen LogP contribution in [0.15, 0.2) is 24.3 Å². The molecule has 0 bridgehead atoms. The fourth-order valence-corrected chi connectivity index (χ4v) is 2.51. The van der Waals surface area contributed by atoms with Gasteiger partial charge in [0.05, 0.1) is 12.5 Å². The maximum absolute atomic E-state index is 12.3. The standard InChI is InChI=1S/C15H21N3O2/c1-10-6-7-17-13(8-10)15(20)18-12-5-3-2-4-11(12)9-14(16)19/h2-5,10,13,17H,6-9H2,1H3,(H2,16,19)(H,18,20). The minimum absolute atomic E-state index is 0.0477. The van der Waals surface area contributed by atoms with Gasteiger partial charge < -0.3 is 16.4 Å². The number of rotatable bonds is 4. The van der Waals surface area contributed by atoms with Crippen LogP contribution in [-0.2, 0) is 16.0 Å². The Hall–Kier alpha value is -1.88. The van der Waals surface area contributed by atoms with Crippen molar-refractivity contribution in [1.29, 1.82) is 0 Å². The van der Waals surface area contributed by atoms with Crippen molar-refractivity contribution in [2.75, 3.05) is 11.9 Å². The van der Waals surface area contributed by atoms with E-state index >= 15 is 0 Å². The number of primary amides is 1. The number of amides is 2. The van der Waals surface area contributed by atoms with E-state index in [1.54, 1.807) is 12.1 Å². The van der Waals surface area contributed by atoms with Gasteiger partial charge in [0.15, 0.2) is 0 Å². The van der Waals surface area contributed by atoms with Crippen LogP contribution < -0.4 is 16.4 Å². The van der Waals surface area contributed by atoms with Crippen molar-refractivity contribution in [2.45, 2.75) is 32.2 Å². The van der Waals surface area contributed by atoms with Gasteiger partial charge in [0, 0.05) is 5.69 Å². The number of anilines is 1. The highest BCUT2D eigenvalue weighted by Crippen LogP contribution is 2.19. The summed E-state index contributed by atoms with van der Waals surface area (Å²) in [5.41, 5.74) is 6.63. The molecule has 1 aromatic rings. The summed E-state index contributed by atoms with van der Waals surface area (Å²) in [5.74, 6) is 0.0949. The van der Waals surface area contributed by atoms with E-state index in [2.05, 4.69) is 17.6 Å². The second-order valence-electron chi connectivity index (χ2n) is 5.43. The lowest BCUT2D eigenvalue weighted by atomic mass is 9.94. The zero-order chi connectivity index (χ0) is 14.5. The quantitative estimate of drug-likeness (QED) is 0.767. The fraction of sp³-hybridized carbons (Fsp3) is 0.467. The molecule has 2 unspecified atom stereocenters. The molecular formula is C15H21N3O2. The second kappa shape index (κ2) is 6.52. The van der Waals surface area contributed by atoms with E-state index in [1.165, 1.54) is 0 Å². The first-order chi connectivity index (χ1) is 9.56. The number of benzene rings is 1. The molecule has 0 saturated carbocycles. The topological polar surface area (TPSA) is 84.2 Å². The van der Waals surface area contributed by atoms with E-state index in [1.807, 2.05) is 12.1 Å². The van der Waals surface area contributed by atoms with Crippen LogP contribution in [0, 0.1) is 5.92 Å². The average Bonchev–Trinajstić information content (AvgIpc) is 2.40. The third-order valence-electron chi connectivity index (χ3n) is 3.62. The number of para-hydroxylation sites is 1. The first kappa shape index (κ1) is 14.5. The van der Waals surface area contributed by atoms with Crippen LogP contribution in [0.2, 0.25) is 0 Å². The molecule has 2 atom stereocenters. The number of piperidine rings is 1. The minimum Gasteiger partial charge on any atom is -0.369 e. The molecule has 0 aliphatic carbocycles. The number of carbonyl (C=O) groups excluding carboxylic acids is 2. The minimum atomic E-state index is -0.406. The van der Waals surface area contributed by atoms with Crippen LogP contribution in [0.4, 0.5) is 5.69 Å². The molecule has 5 nitrogen and oxygen atoms in total. The third-order valence-corrected chi connectivity index (χ3v) is 3.62. The van der Waals surface area contributed by atoms with Gasteiger partial charge in [-0.15, -0.1) is 0 Å². The summed E-state index contributed by atoms with van der Waals surface area (Å²) < 4.78 is 0. The van der Waals surface area contributed by atoms with E-state index in [0.29, 0.717) is 11.6 Å². The van der Waals surface area contributed by atoms with Crippen molar-refractivity contribution in [2.24, 2.45) is 11.7 Å². The fourth-order valence-electron chi connectivity index (χ4n) is 2.51. The van der Waals surface area contributed by atoms with Gasteiger partial charge in [-0.1, -0.05) is 25.1 Å².